The first-order chi connectivity index (χ1) is 6.74. The number of rotatable bonds is 2. The Labute approximate surface area is 84.3 Å². The lowest BCUT2D eigenvalue weighted by molar-refractivity contribution is 1.16. The van der Waals surface area contributed by atoms with Gasteiger partial charge in [-0.2, -0.15) is 0 Å². The third kappa shape index (κ3) is 1.37. The van der Waals surface area contributed by atoms with E-state index in [9.17, 15) is 0 Å². The Morgan fingerprint density at radius 2 is 2.29 bits per heavy atom. The molecule has 0 spiro atoms. The van der Waals surface area contributed by atoms with Crippen LogP contribution >= 0.6 is 0 Å². The highest BCUT2D eigenvalue weighted by atomic mass is 15.1. The molecule has 70 valence electrons. The number of nitrogens with zero attached hydrogens (tertiary/aromatic N) is 1. The largest absolute Gasteiger partial charge is 0.359 e. The topological polar surface area (TPSA) is 40.7 Å². The molecule has 2 aromatic rings. The molecule has 0 saturated heterocycles. The van der Waals surface area contributed by atoms with Crippen LogP contribution in [-0.4, -0.2) is 24.9 Å². The van der Waals surface area contributed by atoms with E-state index in [1.54, 1.807) is 0 Å². The molecule has 3 nitrogen and oxygen atoms in total. The number of aryl methyl sites for hydroxylation is 1. The second kappa shape index (κ2) is 3.37. The van der Waals surface area contributed by atoms with Crippen LogP contribution in [0.2, 0.25) is 0 Å². The maximum atomic E-state index is 5.88. The van der Waals surface area contributed by atoms with Crippen LogP contribution in [0.1, 0.15) is 12.5 Å². The highest BCUT2D eigenvalue weighted by Crippen LogP contribution is 2.14. The van der Waals surface area contributed by atoms with Crippen LogP contribution in [0.4, 0.5) is 5.95 Å². The van der Waals surface area contributed by atoms with Crippen molar-refractivity contribution in [1.82, 2.24) is 9.97 Å². The zero-order valence-electron chi connectivity index (χ0n) is 8.39. The highest BCUT2D eigenvalue weighted by molar-refractivity contribution is 6.34. The minimum absolute atomic E-state index is 0.771. The van der Waals surface area contributed by atoms with E-state index in [0.717, 1.165) is 34.4 Å². The fourth-order valence-corrected chi connectivity index (χ4v) is 1.54. The summed E-state index contributed by atoms with van der Waals surface area (Å²) in [4.78, 5) is 7.49. The van der Waals surface area contributed by atoms with E-state index in [1.165, 1.54) is 0 Å². The molecular formula is C10H12BN3. The predicted molar refractivity (Wildman–Crippen MR) is 60.4 cm³/mol. The average molecular weight is 185 g/mol. The van der Waals surface area contributed by atoms with Gasteiger partial charge in [-0.1, -0.05) is 17.9 Å². The Bertz CT molecular complexity index is 462. The number of benzene rings is 1. The lowest BCUT2D eigenvalue weighted by Gasteiger charge is -2.01. The van der Waals surface area contributed by atoms with Gasteiger partial charge in [0.15, 0.2) is 0 Å². The molecule has 2 radical (unpaired) electrons. The summed E-state index contributed by atoms with van der Waals surface area (Å²) in [7, 11) is 7.71. The second-order valence-electron chi connectivity index (χ2n) is 3.26. The molecule has 14 heavy (non-hydrogen) atoms. The molecule has 0 fully saturated rings. The molecule has 0 atom stereocenters. The summed E-state index contributed by atoms with van der Waals surface area (Å²) in [6.07, 6.45) is 0.934. The number of nitrogens with one attached hydrogen (secondary N) is 2. The van der Waals surface area contributed by atoms with E-state index in [0.29, 0.717) is 0 Å². The van der Waals surface area contributed by atoms with Crippen LogP contribution in [0.25, 0.3) is 11.0 Å². The van der Waals surface area contributed by atoms with Gasteiger partial charge in [0.2, 0.25) is 5.95 Å². The van der Waals surface area contributed by atoms with E-state index in [1.807, 2.05) is 19.2 Å². The van der Waals surface area contributed by atoms with Gasteiger partial charge in [0.05, 0.1) is 11.0 Å². The zero-order chi connectivity index (χ0) is 10.1. The van der Waals surface area contributed by atoms with E-state index in [2.05, 4.69) is 22.2 Å². The second-order valence-corrected chi connectivity index (χ2v) is 3.26. The third-order valence-corrected chi connectivity index (χ3v) is 2.36. The SMILES string of the molecule is [B]c1cc2[nH]c(NC)nc2cc1CC. The van der Waals surface area contributed by atoms with Gasteiger partial charge >= 0.3 is 0 Å². The van der Waals surface area contributed by atoms with E-state index < -0.39 is 0 Å². The number of hydrogen-bond donors (Lipinski definition) is 2. The first-order valence-corrected chi connectivity index (χ1v) is 4.70. The lowest BCUT2D eigenvalue weighted by atomic mass is 9.89. The van der Waals surface area contributed by atoms with Gasteiger partial charge in [0.25, 0.3) is 0 Å². The Balaban J connectivity index is 2.64. The first kappa shape index (κ1) is 9.12. The molecule has 0 aliphatic rings. The van der Waals surface area contributed by atoms with Gasteiger partial charge in [0.1, 0.15) is 7.85 Å². The summed E-state index contributed by atoms with van der Waals surface area (Å²) in [5, 5.41) is 2.97. The van der Waals surface area contributed by atoms with Crippen molar-refractivity contribution in [3.05, 3.63) is 17.7 Å². The van der Waals surface area contributed by atoms with Crippen LogP contribution in [-0.2, 0) is 6.42 Å². The van der Waals surface area contributed by atoms with Gasteiger partial charge in [-0.3, -0.25) is 0 Å². The quantitative estimate of drug-likeness (QED) is 0.684. The average Bonchev–Trinajstić information content (AvgIpc) is 2.58. The maximum absolute atomic E-state index is 5.88. The van der Waals surface area contributed by atoms with Crippen molar-refractivity contribution in [2.24, 2.45) is 0 Å². The molecule has 4 heteroatoms. The number of aromatic nitrogens is 2. The molecule has 2 rings (SSSR count). The van der Waals surface area contributed by atoms with Gasteiger partial charge in [-0.05, 0) is 18.6 Å². The molecule has 0 amide bonds. The number of fused-ring (bicyclic) bond motifs is 1. The smallest absolute Gasteiger partial charge is 0.200 e. The summed E-state index contributed by atoms with van der Waals surface area (Å²) in [6, 6.07) is 3.96. The molecule has 1 aromatic carbocycles. The van der Waals surface area contributed by atoms with E-state index >= 15 is 0 Å². The molecule has 1 aromatic heterocycles. The van der Waals surface area contributed by atoms with Crippen LogP contribution < -0.4 is 10.8 Å². The number of imidazole rings is 1. The van der Waals surface area contributed by atoms with E-state index in [4.69, 9.17) is 7.85 Å². The minimum Gasteiger partial charge on any atom is -0.359 e. The Morgan fingerprint density at radius 3 is 2.93 bits per heavy atom. The van der Waals surface area contributed by atoms with Crippen molar-refractivity contribution in [3.63, 3.8) is 0 Å². The number of anilines is 1. The van der Waals surface area contributed by atoms with Crippen LogP contribution in [0.5, 0.6) is 0 Å². The Kier molecular flexibility index (Phi) is 2.19. The highest BCUT2D eigenvalue weighted by Gasteiger charge is 2.03. The Hall–Kier alpha value is -1.45. The molecule has 2 N–H and O–H groups in total. The number of H-pyrrole nitrogens is 1. The maximum Gasteiger partial charge on any atom is 0.200 e. The van der Waals surface area contributed by atoms with Crippen LogP contribution in [0, 0.1) is 0 Å². The molecule has 0 bridgehead atoms. The normalized spacial score (nSPS) is 10.7. The standard InChI is InChI=1S/C10H12BN3/c1-3-6-4-8-9(5-7(6)11)14-10(12-2)13-8/h4-5H,3H2,1-2H3,(H2,12,13,14). The van der Waals surface area contributed by atoms with Gasteiger partial charge < -0.3 is 10.3 Å². The monoisotopic (exact) mass is 185 g/mol. The molecule has 0 aliphatic heterocycles. The van der Waals surface area contributed by atoms with Gasteiger partial charge in [-0.25, -0.2) is 4.98 Å². The number of hydrogen-bond acceptors (Lipinski definition) is 2. The predicted octanol–water partition coefficient (Wildman–Crippen LogP) is 0.961. The molecule has 0 unspecified atom stereocenters. The van der Waals surface area contributed by atoms with E-state index in [-0.39, 0.29) is 0 Å². The summed E-state index contributed by atoms with van der Waals surface area (Å²) >= 11 is 0. The molecular weight excluding hydrogens is 173 g/mol. The fraction of sp³-hybridized carbons (Fsp3) is 0.300. The molecule has 0 aliphatic carbocycles. The van der Waals surface area contributed by atoms with Crippen molar-refractivity contribution in [2.45, 2.75) is 13.3 Å². The van der Waals surface area contributed by atoms with Crippen LogP contribution in [0.3, 0.4) is 0 Å². The van der Waals surface area contributed by atoms with Crippen LogP contribution in [0.15, 0.2) is 12.1 Å². The first-order valence-electron chi connectivity index (χ1n) is 4.70. The number of aromatic amines is 1. The minimum atomic E-state index is 0.771. The summed E-state index contributed by atoms with van der Waals surface area (Å²) in [6.45, 7) is 2.09. The summed E-state index contributed by atoms with van der Waals surface area (Å²) in [5.41, 5.74) is 3.91. The van der Waals surface area contributed by atoms with Crippen molar-refractivity contribution in [2.75, 3.05) is 12.4 Å². The van der Waals surface area contributed by atoms with Crippen molar-refractivity contribution < 1.29 is 0 Å². The molecule has 1 heterocycles. The van der Waals surface area contributed by atoms with Crippen molar-refractivity contribution in [3.8, 4) is 0 Å². The lowest BCUT2D eigenvalue weighted by Crippen LogP contribution is -2.08. The van der Waals surface area contributed by atoms with Gasteiger partial charge in [0, 0.05) is 7.05 Å². The summed E-state index contributed by atoms with van der Waals surface area (Å²) in [5.74, 6) is 0.771. The Morgan fingerprint density at radius 1 is 1.50 bits per heavy atom. The zero-order valence-corrected chi connectivity index (χ0v) is 8.39. The van der Waals surface area contributed by atoms with Gasteiger partial charge in [-0.15, -0.1) is 0 Å². The summed E-state index contributed by atoms with van der Waals surface area (Å²) < 4.78 is 0. The fourth-order valence-electron chi connectivity index (χ4n) is 1.54. The molecule has 0 saturated carbocycles. The van der Waals surface area contributed by atoms with Crippen molar-refractivity contribution >= 4 is 30.3 Å². The van der Waals surface area contributed by atoms with Crippen molar-refractivity contribution in [1.29, 1.82) is 0 Å². The third-order valence-electron chi connectivity index (χ3n) is 2.36.